The van der Waals surface area contributed by atoms with Crippen LogP contribution in [0.1, 0.15) is 29.6 Å². The van der Waals surface area contributed by atoms with E-state index in [1.54, 1.807) is 6.07 Å². The summed E-state index contributed by atoms with van der Waals surface area (Å²) in [5.74, 6) is -0.336. The number of fused-ring (bicyclic) bond motifs is 2. The molecule has 4 nitrogen and oxygen atoms in total. The minimum atomic E-state index is -0.336. The zero-order valence-electron chi connectivity index (χ0n) is 15.4. The van der Waals surface area contributed by atoms with Gasteiger partial charge in [0.05, 0.1) is 23.0 Å². The number of hydrogen-bond acceptors (Lipinski definition) is 5. The zero-order chi connectivity index (χ0) is 18.9. The fourth-order valence-electron chi connectivity index (χ4n) is 3.73. The Labute approximate surface area is 167 Å². The van der Waals surface area contributed by atoms with E-state index in [2.05, 4.69) is 16.0 Å². The molecule has 0 saturated carbocycles. The van der Waals surface area contributed by atoms with Gasteiger partial charge in [0.15, 0.2) is 5.06 Å². The number of carbonyl (C=O) groups is 1. The summed E-state index contributed by atoms with van der Waals surface area (Å²) < 4.78 is 6.74. The summed E-state index contributed by atoms with van der Waals surface area (Å²) in [4.78, 5) is 19.6. The number of anilines is 1. The third kappa shape index (κ3) is 3.34. The SMILES string of the molecule is O=C(Oc1cc2ccccc2s1)c1ccc2ncc(N3CCCCC3)cc2c1. The summed E-state index contributed by atoms with van der Waals surface area (Å²) in [6.07, 6.45) is 5.67. The van der Waals surface area contributed by atoms with Crippen LogP contribution in [-0.4, -0.2) is 24.0 Å². The molecule has 0 radical (unpaired) electrons. The van der Waals surface area contributed by atoms with Crippen molar-refractivity contribution in [1.82, 2.24) is 4.98 Å². The van der Waals surface area contributed by atoms with E-state index in [1.165, 1.54) is 30.6 Å². The first-order valence-electron chi connectivity index (χ1n) is 9.62. The second-order valence-electron chi connectivity index (χ2n) is 7.14. The first-order chi connectivity index (χ1) is 13.8. The topological polar surface area (TPSA) is 42.4 Å². The molecule has 2 aromatic carbocycles. The van der Waals surface area contributed by atoms with E-state index in [0.717, 1.165) is 39.8 Å². The standard InChI is InChI=1S/C23H20N2O2S/c26-23(27-22-14-16-6-2-3-7-21(16)28-22)17-8-9-20-18(12-17)13-19(15-24-20)25-10-4-1-5-11-25/h2-3,6-9,12-15H,1,4-5,10-11H2. The van der Waals surface area contributed by atoms with E-state index in [0.29, 0.717) is 10.6 Å². The number of thiophene rings is 1. The molecule has 0 unspecified atom stereocenters. The van der Waals surface area contributed by atoms with Crippen molar-refractivity contribution in [3.05, 3.63) is 66.4 Å². The first-order valence-corrected chi connectivity index (χ1v) is 10.4. The Bertz CT molecular complexity index is 1130. The lowest BCUT2D eigenvalue weighted by molar-refractivity contribution is 0.0741. The molecule has 2 aromatic heterocycles. The molecule has 1 aliphatic heterocycles. The number of benzene rings is 2. The fraction of sp³-hybridized carbons (Fsp3) is 0.217. The number of pyridine rings is 1. The van der Waals surface area contributed by atoms with Crippen molar-refractivity contribution >= 4 is 44.0 Å². The van der Waals surface area contributed by atoms with Gasteiger partial charge in [-0.1, -0.05) is 29.5 Å². The quantitative estimate of drug-likeness (QED) is 0.425. The van der Waals surface area contributed by atoms with Crippen molar-refractivity contribution in [3.63, 3.8) is 0 Å². The van der Waals surface area contributed by atoms with E-state index in [1.807, 2.05) is 48.7 Å². The predicted molar refractivity (Wildman–Crippen MR) is 115 cm³/mol. The molecule has 1 fully saturated rings. The molecule has 5 rings (SSSR count). The van der Waals surface area contributed by atoms with Crippen LogP contribution in [0.25, 0.3) is 21.0 Å². The largest absolute Gasteiger partial charge is 0.412 e. The molecule has 1 aliphatic rings. The van der Waals surface area contributed by atoms with Crippen molar-refractivity contribution in [3.8, 4) is 5.06 Å². The maximum atomic E-state index is 12.7. The van der Waals surface area contributed by atoms with Gasteiger partial charge in [0.25, 0.3) is 0 Å². The van der Waals surface area contributed by atoms with Crippen LogP contribution in [0.4, 0.5) is 5.69 Å². The number of aromatic nitrogens is 1. The highest BCUT2D eigenvalue weighted by atomic mass is 32.1. The highest BCUT2D eigenvalue weighted by molar-refractivity contribution is 7.20. The van der Waals surface area contributed by atoms with Gasteiger partial charge in [-0.05, 0) is 55.0 Å². The maximum absolute atomic E-state index is 12.7. The number of rotatable bonds is 3. The summed E-state index contributed by atoms with van der Waals surface area (Å²) in [5.41, 5.74) is 2.56. The second-order valence-corrected chi connectivity index (χ2v) is 8.19. The maximum Gasteiger partial charge on any atom is 0.344 e. The smallest absolute Gasteiger partial charge is 0.344 e. The van der Waals surface area contributed by atoms with Crippen molar-refractivity contribution in [1.29, 1.82) is 0 Å². The van der Waals surface area contributed by atoms with Gasteiger partial charge in [0.1, 0.15) is 0 Å². The molecule has 0 spiro atoms. The molecule has 0 aliphatic carbocycles. The van der Waals surface area contributed by atoms with Gasteiger partial charge >= 0.3 is 5.97 Å². The average Bonchev–Trinajstić information content (AvgIpc) is 3.16. The van der Waals surface area contributed by atoms with E-state index in [9.17, 15) is 4.79 Å². The number of esters is 1. The Hall–Kier alpha value is -2.92. The Balaban J connectivity index is 1.41. The Morgan fingerprint density at radius 3 is 2.68 bits per heavy atom. The van der Waals surface area contributed by atoms with Crippen molar-refractivity contribution < 1.29 is 9.53 Å². The lowest BCUT2D eigenvalue weighted by Crippen LogP contribution is -2.29. The third-order valence-corrected chi connectivity index (χ3v) is 6.21. The number of carbonyl (C=O) groups excluding carboxylic acids is 1. The van der Waals surface area contributed by atoms with Gasteiger partial charge in [-0.15, -0.1) is 0 Å². The molecule has 0 amide bonds. The normalized spacial score (nSPS) is 14.5. The number of hydrogen-bond donors (Lipinski definition) is 0. The van der Waals surface area contributed by atoms with Crippen LogP contribution in [-0.2, 0) is 0 Å². The van der Waals surface area contributed by atoms with Gasteiger partial charge in [-0.2, -0.15) is 0 Å². The first kappa shape index (κ1) is 17.2. The van der Waals surface area contributed by atoms with Crippen molar-refractivity contribution in [2.45, 2.75) is 19.3 Å². The Kier molecular flexibility index (Phi) is 4.45. The average molecular weight is 388 g/mol. The summed E-state index contributed by atoms with van der Waals surface area (Å²) in [6.45, 7) is 2.14. The molecule has 1 saturated heterocycles. The lowest BCUT2D eigenvalue weighted by Gasteiger charge is -2.28. The zero-order valence-corrected chi connectivity index (χ0v) is 16.2. The third-order valence-electron chi connectivity index (χ3n) is 5.22. The highest BCUT2D eigenvalue weighted by Gasteiger charge is 2.14. The molecule has 0 atom stereocenters. The van der Waals surface area contributed by atoms with Crippen LogP contribution in [0.15, 0.2) is 60.8 Å². The highest BCUT2D eigenvalue weighted by Crippen LogP contribution is 2.32. The molecule has 3 heterocycles. The van der Waals surface area contributed by atoms with Crippen LogP contribution in [0, 0.1) is 0 Å². The molecule has 0 bridgehead atoms. The van der Waals surface area contributed by atoms with Gasteiger partial charge in [0.2, 0.25) is 0 Å². The Morgan fingerprint density at radius 1 is 0.964 bits per heavy atom. The van der Waals surface area contributed by atoms with Gasteiger partial charge in [0, 0.05) is 29.2 Å². The summed E-state index contributed by atoms with van der Waals surface area (Å²) in [5, 5.41) is 2.67. The van der Waals surface area contributed by atoms with Gasteiger partial charge in [-0.3, -0.25) is 4.98 Å². The van der Waals surface area contributed by atoms with Crippen molar-refractivity contribution in [2.24, 2.45) is 0 Å². The summed E-state index contributed by atoms with van der Waals surface area (Å²) >= 11 is 1.48. The van der Waals surface area contributed by atoms with Crippen LogP contribution in [0.3, 0.4) is 0 Å². The van der Waals surface area contributed by atoms with E-state index >= 15 is 0 Å². The number of nitrogens with zero attached hydrogens (tertiary/aromatic N) is 2. The van der Waals surface area contributed by atoms with Crippen molar-refractivity contribution in [2.75, 3.05) is 18.0 Å². The fourth-order valence-corrected chi connectivity index (χ4v) is 4.64. The Morgan fingerprint density at radius 2 is 1.82 bits per heavy atom. The van der Waals surface area contributed by atoms with E-state index < -0.39 is 0 Å². The minimum Gasteiger partial charge on any atom is -0.412 e. The minimum absolute atomic E-state index is 0.336. The molecule has 0 N–H and O–H groups in total. The molecule has 140 valence electrons. The predicted octanol–water partition coefficient (Wildman–Crippen LogP) is 5.66. The van der Waals surface area contributed by atoms with Crippen LogP contribution in [0.2, 0.25) is 0 Å². The monoisotopic (exact) mass is 388 g/mol. The van der Waals surface area contributed by atoms with Crippen LogP contribution >= 0.6 is 11.3 Å². The second kappa shape index (κ2) is 7.24. The number of piperidine rings is 1. The van der Waals surface area contributed by atoms with E-state index in [-0.39, 0.29) is 5.97 Å². The molecular formula is C23H20N2O2S. The molecule has 5 heteroatoms. The van der Waals surface area contributed by atoms with E-state index in [4.69, 9.17) is 4.74 Å². The molecular weight excluding hydrogens is 368 g/mol. The summed E-state index contributed by atoms with van der Waals surface area (Å²) in [6, 6.07) is 17.6. The molecule has 4 aromatic rings. The van der Waals surface area contributed by atoms with Gasteiger partial charge in [-0.25, -0.2) is 4.79 Å². The lowest BCUT2D eigenvalue weighted by atomic mass is 10.1. The van der Waals surface area contributed by atoms with Gasteiger partial charge < -0.3 is 9.64 Å². The summed E-state index contributed by atoms with van der Waals surface area (Å²) in [7, 11) is 0. The molecule has 28 heavy (non-hydrogen) atoms. The van der Waals surface area contributed by atoms with Crippen LogP contribution < -0.4 is 9.64 Å². The number of ether oxygens (including phenoxy) is 1. The van der Waals surface area contributed by atoms with Crippen LogP contribution in [0.5, 0.6) is 5.06 Å².